The molecule has 136 valence electrons. The highest BCUT2D eigenvalue weighted by Gasteiger charge is 2.45. The number of hydrogen-bond acceptors (Lipinski definition) is 4. The summed E-state index contributed by atoms with van der Waals surface area (Å²) in [7, 11) is 0. The van der Waals surface area contributed by atoms with Gasteiger partial charge >= 0.3 is 0 Å². The van der Waals surface area contributed by atoms with Crippen LogP contribution in [0.1, 0.15) is 35.2 Å². The van der Waals surface area contributed by atoms with Gasteiger partial charge in [-0.2, -0.15) is 0 Å². The minimum Gasteiger partial charge on any atom is -0.486 e. The molecule has 26 heavy (non-hydrogen) atoms. The van der Waals surface area contributed by atoms with Crippen LogP contribution in [0.15, 0.2) is 48.8 Å². The summed E-state index contributed by atoms with van der Waals surface area (Å²) in [5.41, 5.74) is 1.51. The average Bonchev–Trinajstić information content (AvgIpc) is 3.04. The number of aromatic nitrogens is 1. The summed E-state index contributed by atoms with van der Waals surface area (Å²) < 4.78 is 12.2. The topological polar surface area (TPSA) is 51.7 Å². The maximum Gasteiger partial charge on any atom is 0.254 e. The fraction of sp³-hybridized carbons (Fsp3) is 0.429. The fourth-order valence-corrected chi connectivity index (χ4v) is 4.03. The molecule has 0 aliphatic carbocycles. The molecule has 1 aromatic heterocycles. The number of rotatable bonds is 3. The molecule has 2 aromatic rings. The molecule has 0 saturated carbocycles. The fourth-order valence-electron chi connectivity index (χ4n) is 4.03. The van der Waals surface area contributed by atoms with E-state index in [1.165, 1.54) is 0 Å². The molecule has 1 aromatic carbocycles. The summed E-state index contributed by atoms with van der Waals surface area (Å²) in [6.07, 6.45) is 6.19. The predicted molar refractivity (Wildman–Crippen MR) is 98.3 cm³/mol. The van der Waals surface area contributed by atoms with Crippen LogP contribution in [-0.2, 0) is 4.74 Å². The minimum atomic E-state index is -0.288. The van der Waals surface area contributed by atoms with E-state index in [4.69, 9.17) is 9.47 Å². The summed E-state index contributed by atoms with van der Waals surface area (Å²) in [6, 6.07) is 11.5. The number of piperidine rings is 1. The Morgan fingerprint density at radius 3 is 3.00 bits per heavy atom. The number of carbonyl (C=O) groups excluding carboxylic acids is 1. The van der Waals surface area contributed by atoms with Gasteiger partial charge in [-0.05, 0) is 43.5 Å². The first-order valence-electron chi connectivity index (χ1n) is 9.21. The molecule has 2 aliphatic rings. The van der Waals surface area contributed by atoms with Crippen LogP contribution in [0, 0.1) is 6.92 Å². The van der Waals surface area contributed by atoms with Crippen LogP contribution in [0.25, 0.3) is 0 Å². The van der Waals surface area contributed by atoms with Gasteiger partial charge in [0, 0.05) is 24.7 Å². The SMILES string of the molecule is Cc1ccccc1C(=O)N1CCC[C@@]2(C[C@@H](Oc3cccnc3)CO2)C1. The van der Waals surface area contributed by atoms with E-state index in [2.05, 4.69) is 4.98 Å². The van der Waals surface area contributed by atoms with Crippen molar-refractivity contribution in [3.05, 3.63) is 59.9 Å². The van der Waals surface area contributed by atoms with Crippen LogP contribution in [0.2, 0.25) is 0 Å². The molecule has 0 bridgehead atoms. The molecule has 0 N–H and O–H groups in total. The van der Waals surface area contributed by atoms with Crippen molar-refractivity contribution < 1.29 is 14.3 Å². The van der Waals surface area contributed by atoms with Crippen LogP contribution >= 0.6 is 0 Å². The van der Waals surface area contributed by atoms with E-state index in [1.807, 2.05) is 48.2 Å². The Bertz CT molecular complexity index is 780. The van der Waals surface area contributed by atoms with Gasteiger partial charge in [0.15, 0.2) is 0 Å². The highest BCUT2D eigenvalue weighted by atomic mass is 16.6. The first-order chi connectivity index (χ1) is 12.7. The number of benzene rings is 1. The molecule has 5 nitrogen and oxygen atoms in total. The smallest absolute Gasteiger partial charge is 0.254 e. The Labute approximate surface area is 153 Å². The standard InChI is InChI=1S/C21H24N2O3/c1-16-6-2-3-8-19(16)20(24)23-11-5-9-21(15-23)12-18(14-25-21)26-17-7-4-10-22-13-17/h2-4,6-8,10,13,18H,5,9,11-12,14-15H2,1H3/t18-,21-/m1/s1. The van der Waals surface area contributed by atoms with Crippen molar-refractivity contribution in [3.63, 3.8) is 0 Å². The second-order valence-corrected chi connectivity index (χ2v) is 7.27. The van der Waals surface area contributed by atoms with E-state index >= 15 is 0 Å². The lowest BCUT2D eigenvalue weighted by Gasteiger charge is -2.39. The summed E-state index contributed by atoms with van der Waals surface area (Å²) in [6.45, 7) is 3.96. The van der Waals surface area contributed by atoms with E-state index < -0.39 is 0 Å². The molecule has 1 amide bonds. The quantitative estimate of drug-likeness (QED) is 0.851. The van der Waals surface area contributed by atoms with Crippen molar-refractivity contribution in [2.75, 3.05) is 19.7 Å². The van der Waals surface area contributed by atoms with E-state index in [9.17, 15) is 4.79 Å². The molecular formula is C21H24N2O3. The van der Waals surface area contributed by atoms with Crippen LogP contribution in [0.3, 0.4) is 0 Å². The predicted octanol–water partition coefficient (Wildman–Crippen LogP) is 3.23. The molecule has 2 atom stereocenters. The van der Waals surface area contributed by atoms with E-state index in [0.29, 0.717) is 13.2 Å². The van der Waals surface area contributed by atoms with Gasteiger partial charge in [0.1, 0.15) is 11.9 Å². The van der Waals surface area contributed by atoms with Crippen molar-refractivity contribution in [1.29, 1.82) is 0 Å². The minimum absolute atomic E-state index is 0.00714. The Hall–Kier alpha value is -2.40. The van der Waals surface area contributed by atoms with Gasteiger partial charge in [-0.25, -0.2) is 0 Å². The zero-order valence-electron chi connectivity index (χ0n) is 15.1. The van der Waals surface area contributed by atoms with E-state index in [0.717, 1.165) is 42.7 Å². The highest BCUT2D eigenvalue weighted by Crippen LogP contribution is 2.36. The van der Waals surface area contributed by atoms with Gasteiger partial charge in [0.05, 0.1) is 24.9 Å². The Morgan fingerprint density at radius 2 is 2.19 bits per heavy atom. The third kappa shape index (κ3) is 3.44. The Balaban J connectivity index is 1.44. The van der Waals surface area contributed by atoms with Gasteiger partial charge in [0.2, 0.25) is 0 Å². The lowest BCUT2D eigenvalue weighted by atomic mass is 9.88. The first kappa shape index (κ1) is 17.0. The molecule has 0 radical (unpaired) electrons. The second-order valence-electron chi connectivity index (χ2n) is 7.27. The summed E-state index contributed by atoms with van der Waals surface area (Å²) in [5.74, 6) is 0.865. The van der Waals surface area contributed by atoms with Crippen LogP contribution in [0.5, 0.6) is 5.75 Å². The highest BCUT2D eigenvalue weighted by molar-refractivity contribution is 5.95. The normalized spacial score (nSPS) is 25.4. The molecule has 0 unspecified atom stereocenters. The number of carbonyl (C=O) groups is 1. The Morgan fingerprint density at radius 1 is 1.31 bits per heavy atom. The first-order valence-corrected chi connectivity index (χ1v) is 9.21. The molecule has 5 heteroatoms. The van der Waals surface area contributed by atoms with Crippen molar-refractivity contribution in [2.45, 2.75) is 37.9 Å². The zero-order valence-corrected chi connectivity index (χ0v) is 15.1. The molecular weight excluding hydrogens is 328 g/mol. The van der Waals surface area contributed by atoms with Crippen molar-refractivity contribution in [1.82, 2.24) is 9.88 Å². The van der Waals surface area contributed by atoms with E-state index in [-0.39, 0.29) is 17.6 Å². The van der Waals surface area contributed by atoms with Crippen LogP contribution in [0.4, 0.5) is 0 Å². The summed E-state index contributed by atoms with van der Waals surface area (Å²) in [5, 5.41) is 0. The molecule has 1 spiro atoms. The van der Waals surface area contributed by atoms with Gasteiger partial charge in [-0.15, -0.1) is 0 Å². The van der Waals surface area contributed by atoms with Crippen molar-refractivity contribution >= 4 is 5.91 Å². The second kappa shape index (κ2) is 7.08. The maximum atomic E-state index is 13.0. The molecule has 2 aliphatic heterocycles. The summed E-state index contributed by atoms with van der Waals surface area (Å²) >= 11 is 0. The van der Waals surface area contributed by atoms with Crippen LogP contribution in [-0.4, -0.2) is 47.2 Å². The van der Waals surface area contributed by atoms with Gasteiger partial charge in [-0.3, -0.25) is 9.78 Å². The summed E-state index contributed by atoms with van der Waals surface area (Å²) in [4.78, 5) is 19.0. The molecule has 3 heterocycles. The lowest BCUT2D eigenvalue weighted by molar-refractivity contribution is -0.0453. The monoisotopic (exact) mass is 352 g/mol. The number of ether oxygens (including phenoxy) is 2. The maximum absolute atomic E-state index is 13.0. The molecule has 2 saturated heterocycles. The molecule has 2 fully saturated rings. The lowest BCUT2D eigenvalue weighted by Crippen LogP contribution is -2.50. The van der Waals surface area contributed by atoms with Crippen LogP contribution < -0.4 is 4.74 Å². The number of amides is 1. The third-order valence-corrected chi connectivity index (χ3v) is 5.31. The number of aryl methyl sites for hydroxylation is 1. The largest absolute Gasteiger partial charge is 0.486 e. The third-order valence-electron chi connectivity index (χ3n) is 5.31. The van der Waals surface area contributed by atoms with Gasteiger partial charge in [-0.1, -0.05) is 18.2 Å². The average molecular weight is 352 g/mol. The number of hydrogen-bond donors (Lipinski definition) is 0. The van der Waals surface area contributed by atoms with Crippen molar-refractivity contribution in [3.8, 4) is 5.75 Å². The number of nitrogens with zero attached hydrogens (tertiary/aromatic N) is 2. The van der Waals surface area contributed by atoms with E-state index in [1.54, 1.807) is 12.4 Å². The zero-order chi connectivity index (χ0) is 18.0. The van der Waals surface area contributed by atoms with Gasteiger partial charge < -0.3 is 14.4 Å². The number of likely N-dealkylation sites (tertiary alicyclic amines) is 1. The Kier molecular flexibility index (Phi) is 4.64. The van der Waals surface area contributed by atoms with Gasteiger partial charge in [0.25, 0.3) is 5.91 Å². The number of pyridine rings is 1. The van der Waals surface area contributed by atoms with Crippen molar-refractivity contribution in [2.24, 2.45) is 0 Å². The molecule has 4 rings (SSSR count).